The van der Waals surface area contributed by atoms with Crippen LogP contribution in [0.2, 0.25) is 0 Å². The van der Waals surface area contributed by atoms with Crippen LogP contribution in [-0.4, -0.2) is 9.55 Å². The highest BCUT2D eigenvalue weighted by atomic mass is 15.2. The Bertz CT molecular complexity index is 807. The predicted molar refractivity (Wildman–Crippen MR) is 88.9 cm³/mol. The molecular weight excluding hydrogens is 258 g/mol. The molecule has 3 aromatic rings. The molecule has 0 spiro atoms. The third-order valence-electron chi connectivity index (χ3n) is 3.79. The molecule has 3 heteroatoms. The van der Waals surface area contributed by atoms with Crippen molar-refractivity contribution in [3.63, 3.8) is 0 Å². The number of rotatable bonds is 1. The summed E-state index contributed by atoms with van der Waals surface area (Å²) >= 11 is 0. The maximum atomic E-state index is 6.20. The molecule has 0 aliphatic carbocycles. The van der Waals surface area contributed by atoms with Crippen molar-refractivity contribution in [2.45, 2.75) is 33.1 Å². The Morgan fingerprint density at radius 2 is 1.76 bits per heavy atom. The highest BCUT2D eigenvalue weighted by Crippen LogP contribution is 2.32. The lowest BCUT2D eigenvalue weighted by atomic mass is 9.85. The molecule has 0 amide bonds. The number of fused-ring (bicyclic) bond motifs is 1. The highest BCUT2D eigenvalue weighted by molar-refractivity contribution is 5.82. The van der Waals surface area contributed by atoms with E-state index in [4.69, 9.17) is 5.73 Å². The minimum atomic E-state index is 0.0451. The number of para-hydroxylation sites is 1. The van der Waals surface area contributed by atoms with E-state index in [2.05, 4.69) is 67.6 Å². The fourth-order valence-corrected chi connectivity index (χ4v) is 2.76. The summed E-state index contributed by atoms with van der Waals surface area (Å²) < 4.78 is 2.06. The molecule has 0 atom stereocenters. The number of aromatic nitrogens is 2. The Morgan fingerprint density at radius 1 is 1.05 bits per heavy atom. The number of nitrogen functional groups attached to an aromatic ring is 1. The summed E-state index contributed by atoms with van der Waals surface area (Å²) in [5.41, 5.74) is 11.8. The number of nitrogens with zero attached hydrogens (tertiary/aromatic N) is 2. The Morgan fingerprint density at radius 3 is 2.48 bits per heavy atom. The standard InChI is InChI=1S/C18H21N3/c1-12-9-10-14-16(11-12)21(17(19)20-14)15-8-6-5-7-13(15)18(2,3)4/h5-11H,1-4H3,(H2,19,20). The summed E-state index contributed by atoms with van der Waals surface area (Å²) in [5, 5.41) is 0. The lowest BCUT2D eigenvalue weighted by molar-refractivity contribution is 0.587. The van der Waals surface area contributed by atoms with Crippen molar-refractivity contribution in [2.75, 3.05) is 5.73 Å². The van der Waals surface area contributed by atoms with E-state index in [0.29, 0.717) is 5.95 Å². The first kappa shape index (κ1) is 13.7. The summed E-state index contributed by atoms with van der Waals surface area (Å²) in [6.07, 6.45) is 0. The van der Waals surface area contributed by atoms with Gasteiger partial charge in [-0.2, -0.15) is 0 Å². The molecule has 0 aliphatic heterocycles. The third kappa shape index (κ3) is 2.29. The van der Waals surface area contributed by atoms with Crippen LogP contribution >= 0.6 is 0 Å². The Balaban J connectivity index is 2.36. The van der Waals surface area contributed by atoms with Crippen LogP contribution in [0.15, 0.2) is 42.5 Å². The van der Waals surface area contributed by atoms with Gasteiger partial charge in [0.2, 0.25) is 5.95 Å². The van der Waals surface area contributed by atoms with Gasteiger partial charge in [-0.1, -0.05) is 45.0 Å². The second-order valence-corrected chi connectivity index (χ2v) is 6.56. The van der Waals surface area contributed by atoms with E-state index in [0.717, 1.165) is 16.7 Å². The van der Waals surface area contributed by atoms with E-state index in [1.54, 1.807) is 0 Å². The van der Waals surface area contributed by atoms with Crippen LogP contribution in [0.1, 0.15) is 31.9 Å². The van der Waals surface area contributed by atoms with E-state index >= 15 is 0 Å². The van der Waals surface area contributed by atoms with Crippen LogP contribution in [0.4, 0.5) is 5.95 Å². The number of aryl methyl sites for hydroxylation is 1. The number of hydrogen-bond acceptors (Lipinski definition) is 2. The second-order valence-electron chi connectivity index (χ2n) is 6.56. The number of imidazole rings is 1. The normalized spacial score (nSPS) is 12.0. The third-order valence-corrected chi connectivity index (χ3v) is 3.79. The number of hydrogen-bond donors (Lipinski definition) is 1. The molecule has 0 unspecified atom stereocenters. The van der Waals surface area contributed by atoms with Gasteiger partial charge in [-0.05, 0) is 41.7 Å². The fourth-order valence-electron chi connectivity index (χ4n) is 2.76. The lowest BCUT2D eigenvalue weighted by Crippen LogP contribution is -2.15. The van der Waals surface area contributed by atoms with Crippen LogP contribution in [0, 0.1) is 6.92 Å². The lowest BCUT2D eigenvalue weighted by Gasteiger charge is -2.23. The molecule has 0 radical (unpaired) electrons. The molecule has 0 bridgehead atoms. The minimum absolute atomic E-state index is 0.0451. The van der Waals surface area contributed by atoms with Crippen molar-refractivity contribution in [3.05, 3.63) is 53.6 Å². The Labute approximate surface area is 125 Å². The molecule has 0 aliphatic rings. The van der Waals surface area contributed by atoms with E-state index in [-0.39, 0.29) is 5.41 Å². The van der Waals surface area contributed by atoms with Gasteiger partial charge >= 0.3 is 0 Å². The summed E-state index contributed by atoms with van der Waals surface area (Å²) in [4.78, 5) is 4.49. The molecule has 108 valence electrons. The van der Waals surface area contributed by atoms with Gasteiger partial charge in [0, 0.05) is 0 Å². The monoisotopic (exact) mass is 279 g/mol. The highest BCUT2D eigenvalue weighted by Gasteiger charge is 2.20. The molecule has 1 aromatic heterocycles. The molecule has 2 N–H and O–H groups in total. The van der Waals surface area contributed by atoms with Gasteiger partial charge in [-0.3, -0.25) is 4.57 Å². The molecule has 2 aromatic carbocycles. The molecule has 21 heavy (non-hydrogen) atoms. The molecule has 3 rings (SSSR count). The first-order chi connectivity index (χ1) is 9.88. The van der Waals surface area contributed by atoms with E-state index < -0.39 is 0 Å². The average molecular weight is 279 g/mol. The molecular formula is C18H21N3. The zero-order valence-corrected chi connectivity index (χ0v) is 13.0. The Kier molecular flexibility index (Phi) is 3.01. The van der Waals surface area contributed by atoms with Crippen LogP contribution in [0.3, 0.4) is 0 Å². The second kappa shape index (κ2) is 4.62. The maximum Gasteiger partial charge on any atom is 0.205 e. The van der Waals surface area contributed by atoms with Gasteiger partial charge in [0.05, 0.1) is 16.7 Å². The van der Waals surface area contributed by atoms with Gasteiger partial charge in [0.25, 0.3) is 0 Å². The van der Waals surface area contributed by atoms with E-state index in [1.807, 2.05) is 12.1 Å². The topological polar surface area (TPSA) is 43.8 Å². The van der Waals surface area contributed by atoms with Crippen LogP contribution < -0.4 is 5.73 Å². The first-order valence-electron chi connectivity index (χ1n) is 7.22. The molecule has 1 heterocycles. The van der Waals surface area contributed by atoms with Crippen LogP contribution in [0.5, 0.6) is 0 Å². The van der Waals surface area contributed by atoms with Gasteiger partial charge < -0.3 is 5.73 Å². The van der Waals surface area contributed by atoms with Gasteiger partial charge in [-0.15, -0.1) is 0 Å². The Hall–Kier alpha value is -2.29. The minimum Gasteiger partial charge on any atom is -0.369 e. The summed E-state index contributed by atoms with van der Waals surface area (Å²) in [6.45, 7) is 8.73. The molecule has 0 saturated heterocycles. The van der Waals surface area contributed by atoms with E-state index in [1.165, 1.54) is 11.1 Å². The quantitative estimate of drug-likeness (QED) is 0.725. The summed E-state index contributed by atoms with van der Waals surface area (Å²) in [7, 11) is 0. The largest absolute Gasteiger partial charge is 0.369 e. The van der Waals surface area contributed by atoms with Crippen LogP contribution in [-0.2, 0) is 5.41 Å². The van der Waals surface area contributed by atoms with Crippen LogP contribution in [0.25, 0.3) is 16.7 Å². The van der Waals surface area contributed by atoms with Crippen molar-refractivity contribution in [1.82, 2.24) is 9.55 Å². The van der Waals surface area contributed by atoms with Gasteiger partial charge in [0.15, 0.2) is 0 Å². The van der Waals surface area contributed by atoms with Crippen molar-refractivity contribution in [1.29, 1.82) is 0 Å². The number of nitrogens with two attached hydrogens (primary N) is 1. The zero-order valence-electron chi connectivity index (χ0n) is 13.0. The maximum absolute atomic E-state index is 6.20. The average Bonchev–Trinajstić information content (AvgIpc) is 2.73. The molecule has 3 nitrogen and oxygen atoms in total. The van der Waals surface area contributed by atoms with Crippen molar-refractivity contribution in [3.8, 4) is 5.69 Å². The number of anilines is 1. The summed E-state index contributed by atoms with van der Waals surface area (Å²) in [6, 6.07) is 14.6. The van der Waals surface area contributed by atoms with Gasteiger partial charge in [-0.25, -0.2) is 4.98 Å². The molecule has 0 saturated carbocycles. The predicted octanol–water partition coefficient (Wildman–Crippen LogP) is 4.21. The van der Waals surface area contributed by atoms with Crippen molar-refractivity contribution >= 4 is 17.0 Å². The van der Waals surface area contributed by atoms with Gasteiger partial charge in [0.1, 0.15) is 0 Å². The SMILES string of the molecule is Cc1ccc2nc(N)n(-c3ccccc3C(C)(C)C)c2c1. The fraction of sp³-hybridized carbons (Fsp3) is 0.278. The smallest absolute Gasteiger partial charge is 0.205 e. The van der Waals surface area contributed by atoms with Crippen molar-refractivity contribution in [2.24, 2.45) is 0 Å². The van der Waals surface area contributed by atoms with Crippen molar-refractivity contribution < 1.29 is 0 Å². The zero-order chi connectivity index (χ0) is 15.2. The molecule has 0 fully saturated rings. The number of benzene rings is 2. The first-order valence-corrected chi connectivity index (χ1v) is 7.22. The van der Waals surface area contributed by atoms with E-state index in [9.17, 15) is 0 Å². The summed E-state index contributed by atoms with van der Waals surface area (Å²) in [5.74, 6) is 0.535.